The highest BCUT2D eigenvalue weighted by atomic mass is 127. The van der Waals surface area contributed by atoms with Gasteiger partial charge in [-0.25, -0.2) is 9.59 Å². The van der Waals surface area contributed by atoms with E-state index in [1.165, 1.54) is 17.0 Å². The van der Waals surface area contributed by atoms with Gasteiger partial charge in [0.15, 0.2) is 12.4 Å². The number of amides is 2. The van der Waals surface area contributed by atoms with E-state index in [-0.39, 0.29) is 11.5 Å². The van der Waals surface area contributed by atoms with Crippen LogP contribution < -0.4 is 15.4 Å². The molecule has 0 saturated heterocycles. The molecule has 0 unspecified atom stereocenters. The fraction of sp³-hybridized carbons (Fsp3) is 0.179. The predicted octanol–water partition coefficient (Wildman–Crippen LogP) is 6.60. The summed E-state index contributed by atoms with van der Waals surface area (Å²) in [4.78, 5) is 38.7. The maximum absolute atomic E-state index is 14.0. The number of halogens is 2. The SMILES string of the molecule is CCCCc1oc2ccc(N(C(N)=O)c3ccc(O)cc3)cc2c1C(=O)c1cc(I)c(OCC(=O)O)c(I)c1. The molecule has 39 heavy (non-hydrogen) atoms. The van der Waals surface area contributed by atoms with Crippen molar-refractivity contribution in [2.75, 3.05) is 11.5 Å². The van der Waals surface area contributed by atoms with E-state index in [9.17, 15) is 19.5 Å². The fourth-order valence-electron chi connectivity index (χ4n) is 4.15. The van der Waals surface area contributed by atoms with E-state index in [2.05, 4.69) is 0 Å². The smallest absolute Gasteiger partial charge is 0.341 e. The minimum Gasteiger partial charge on any atom is -0.508 e. The number of fused-ring (bicyclic) bond motifs is 1. The summed E-state index contributed by atoms with van der Waals surface area (Å²) in [5.74, 6) is -0.383. The van der Waals surface area contributed by atoms with E-state index in [0.717, 1.165) is 12.8 Å². The number of carbonyl (C=O) groups excluding carboxylic acids is 2. The zero-order valence-electron chi connectivity index (χ0n) is 20.7. The number of hydrogen-bond donors (Lipinski definition) is 3. The first kappa shape index (κ1) is 28.7. The van der Waals surface area contributed by atoms with Gasteiger partial charge in [0.1, 0.15) is 22.8 Å². The number of phenols is 1. The van der Waals surface area contributed by atoms with E-state index in [1.807, 2.05) is 52.1 Å². The number of carbonyl (C=O) groups is 3. The van der Waals surface area contributed by atoms with Crippen molar-refractivity contribution in [3.05, 3.63) is 78.6 Å². The van der Waals surface area contributed by atoms with Crippen molar-refractivity contribution in [2.45, 2.75) is 26.2 Å². The van der Waals surface area contributed by atoms with Crippen LogP contribution in [0.25, 0.3) is 11.0 Å². The molecule has 3 aromatic carbocycles. The molecule has 0 spiro atoms. The summed E-state index contributed by atoms with van der Waals surface area (Å²) in [6.45, 7) is 1.55. The molecule has 0 bridgehead atoms. The van der Waals surface area contributed by atoms with E-state index in [0.29, 0.717) is 58.5 Å². The molecule has 4 N–H and O–H groups in total. The van der Waals surface area contributed by atoms with E-state index < -0.39 is 18.6 Å². The Labute approximate surface area is 251 Å². The van der Waals surface area contributed by atoms with Crippen LogP contribution in [0.4, 0.5) is 16.2 Å². The lowest BCUT2D eigenvalue weighted by molar-refractivity contribution is -0.139. The average Bonchev–Trinajstić information content (AvgIpc) is 3.25. The van der Waals surface area contributed by atoms with Gasteiger partial charge in [-0.15, -0.1) is 0 Å². The molecule has 4 aromatic rings. The molecule has 1 heterocycles. The zero-order valence-corrected chi connectivity index (χ0v) is 25.1. The van der Waals surface area contributed by atoms with Gasteiger partial charge >= 0.3 is 12.0 Å². The summed E-state index contributed by atoms with van der Waals surface area (Å²) in [5.41, 5.74) is 7.87. The first-order valence-electron chi connectivity index (χ1n) is 11.9. The van der Waals surface area contributed by atoms with Crippen molar-refractivity contribution < 1.29 is 33.8 Å². The van der Waals surface area contributed by atoms with Crippen molar-refractivity contribution in [3.63, 3.8) is 0 Å². The van der Waals surface area contributed by atoms with Gasteiger partial charge in [-0.05, 0) is 106 Å². The van der Waals surface area contributed by atoms with Crippen LogP contribution in [0.2, 0.25) is 0 Å². The number of hydrogen-bond acceptors (Lipinski definition) is 6. The molecule has 0 aliphatic rings. The lowest BCUT2D eigenvalue weighted by Gasteiger charge is -2.20. The van der Waals surface area contributed by atoms with Gasteiger partial charge in [0.2, 0.25) is 0 Å². The number of aliphatic carboxylic acids is 1. The number of aromatic hydroxyl groups is 1. The molecule has 0 radical (unpaired) electrons. The van der Waals surface area contributed by atoms with Gasteiger partial charge in [0, 0.05) is 17.4 Å². The first-order chi connectivity index (χ1) is 18.6. The van der Waals surface area contributed by atoms with E-state index >= 15 is 0 Å². The van der Waals surface area contributed by atoms with Crippen molar-refractivity contribution in [2.24, 2.45) is 5.73 Å². The van der Waals surface area contributed by atoms with Crippen LogP contribution in [0.1, 0.15) is 41.4 Å². The lowest BCUT2D eigenvalue weighted by atomic mass is 9.98. The Hall–Kier alpha value is -3.33. The molecule has 11 heteroatoms. The molecular formula is C28H24I2N2O7. The molecule has 0 aliphatic carbocycles. The number of carboxylic acids is 1. The number of rotatable bonds is 10. The van der Waals surface area contributed by atoms with E-state index in [4.69, 9.17) is 20.0 Å². The summed E-state index contributed by atoms with van der Waals surface area (Å²) < 4.78 is 12.7. The Morgan fingerprint density at radius 1 is 1.00 bits per heavy atom. The highest BCUT2D eigenvalue weighted by molar-refractivity contribution is 14.1. The summed E-state index contributed by atoms with van der Waals surface area (Å²) in [7, 11) is 0. The molecule has 2 amide bonds. The Balaban J connectivity index is 1.84. The van der Waals surface area contributed by atoms with E-state index in [1.54, 1.807) is 42.5 Å². The number of unbranched alkanes of at least 4 members (excludes halogenated alkanes) is 1. The third-order valence-electron chi connectivity index (χ3n) is 5.92. The molecule has 0 saturated carbocycles. The zero-order chi connectivity index (χ0) is 28.3. The number of nitrogens with zero attached hydrogens (tertiary/aromatic N) is 1. The minimum absolute atomic E-state index is 0.0468. The Morgan fingerprint density at radius 3 is 2.23 bits per heavy atom. The number of urea groups is 1. The van der Waals surface area contributed by atoms with Crippen LogP contribution in [0.3, 0.4) is 0 Å². The summed E-state index contributed by atoms with van der Waals surface area (Å²) in [5, 5.41) is 19.2. The standard InChI is InChI=1S/C28H24I2N2O7/c1-2-3-4-23-25(26(36)15-11-20(29)27(21(30)12-15)38-14-24(34)35)19-13-17(7-10-22(19)39-23)32(28(31)37)16-5-8-18(33)9-6-16/h5-13,33H,2-4,14H2,1H3,(H2,31,37)(H,34,35). The van der Waals surface area contributed by atoms with Gasteiger partial charge in [0.25, 0.3) is 0 Å². The summed E-state index contributed by atoms with van der Waals surface area (Å²) in [6, 6.07) is 13.7. The van der Waals surface area contributed by atoms with Crippen LogP contribution in [0, 0.1) is 7.14 Å². The van der Waals surface area contributed by atoms with Crippen LogP contribution >= 0.6 is 45.2 Å². The van der Waals surface area contributed by atoms with Crippen molar-refractivity contribution in [1.29, 1.82) is 0 Å². The summed E-state index contributed by atoms with van der Waals surface area (Å²) >= 11 is 4.03. The van der Waals surface area contributed by atoms with Crippen molar-refractivity contribution in [3.8, 4) is 11.5 Å². The second kappa shape index (κ2) is 12.2. The highest BCUT2D eigenvalue weighted by Crippen LogP contribution is 2.36. The number of benzene rings is 3. The maximum atomic E-state index is 14.0. The number of aryl methyl sites for hydroxylation is 1. The van der Waals surface area contributed by atoms with Gasteiger partial charge in [-0.3, -0.25) is 9.69 Å². The topological polar surface area (TPSA) is 143 Å². The molecule has 9 nitrogen and oxygen atoms in total. The van der Waals surface area contributed by atoms with Crippen molar-refractivity contribution >= 4 is 85.3 Å². The largest absolute Gasteiger partial charge is 0.508 e. The predicted molar refractivity (Wildman–Crippen MR) is 163 cm³/mol. The number of primary amides is 1. The Kier molecular flexibility index (Phi) is 9.00. The lowest BCUT2D eigenvalue weighted by Crippen LogP contribution is -2.31. The van der Waals surface area contributed by atoms with Crippen molar-refractivity contribution in [1.82, 2.24) is 0 Å². The van der Waals surface area contributed by atoms with Crippen LogP contribution in [-0.2, 0) is 11.2 Å². The fourth-order valence-corrected chi connectivity index (χ4v) is 6.23. The van der Waals surface area contributed by atoms with Gasteiger partial charge in [0.05, 0.1) is 24.1 Å². The molecule has 4 rings (SSSR count). The monoisotopic (exact) mass is 754 g/mol. The second-order valence-corrected chi connectivity index (χ2v) is 11.0. The van der Waals surface area contributed by atoms with Crippen LogP contribution in [-0.4, -0.2) is 34.6 Å². The maximum Gasteiger partial charge on any atom is 0.341 e. The quantitative estimate of drug-likeness (QED) is 0.122. The van der Waals surface area contributed by atoms with Crippen LogP contribution in [0.5, 0.6) is 11.5 Å². The Bertz CT molecular complexity index is 1540. The number of carboxylic acid groups (broad SMARTS) is 1. The highest BCUT2D eigenvalue weighted by Gasteiger charge is 2.25. The third-order valence-corrected chi connectivity index (χ3v) is 7.52. The molecule has 202 valence electrons. The average molecular weight is 754 g/mol. The molecular weight excluding hydrogens is 730 g/mol. The second-order valence-electron chi connectivity index (χ2n) is 8.65. The molecule has 0 fully saturated rings. The van der Waals surface area contributed by atoms with Crippen LogP contribution in [0.15, 0.2) is 59.0 Å². The third kappa shape index (κ3) is 6.30. The first-order valence-corrected chi connectivity index (χ1v) is 14.1. The van der Waals surface area contributed by atoms with Gasteiger partial charge in [-0.2, -0.15) is 0 Å². The Morgan fingerprint density at radius 2 is 1.64 bits per heavy atom. The van der Waals surface area contributed by atoms with Gasteiger partial charge < -0.3 is 25.1 Å². The number of furan rings is 1. The molecule has 1 aromatic heterocycles. The normalized spacial score (nSPS) is 10.9. The number of nitrogens with two attached hydrogens (primary N) is 1. The molecule has 0 aliphatic heterocycles. The number of anilines is 2. The number of ether oxygens (including phenoxy) is 1. The number of phenolic OH excluding ortho intramolecular Hbond substituents is 1. The summed E-state index contributed by atoms with van der Waals surface area (Å²) in [6.07, 6.45) is 2.26. The minimum atomic E-state index is -1.10. The number of ketones is 1. The molecule has 0 atom stereocenters. The van der Waals surface area contributed by atoms with Gasteiger partial charge in [-0.1, -0.05) is 13.3 Å².